The molecule has 3 nitrogen and oxygen atoms in total. The highest BCUT2D eigenvalue weighted by atomic mass is 32.1. The largest absolute Gasteiger partial charge is 0.496 e. The van der Waals surface area contributed by atoms with Crippen molar-refractivity contribution in [2.75, 3.05) is 13.7 Å². The fraction of sp³-hybridized carbons (Fsp3) is 0.357. The lowest BCUT2D eigenvalue weighted by Crippen LogP contribution is -2.08. The van der Waals surface area contributed by atoms with E-state index >= 15 is 0 Å². The normalized spacial score (nSPS) is 12.4. The Morgan fingerprint density at radius 1 is 1.39 bits per heavy atom. The molecule has 2 N–H and O–H groups in total. The van der Waals surface area contributed by atoms with Crippen LogP contribution in [0.15, 0.2) is 24.3 Å². The van der Waals surface area contributed by atoms with E-state index in [1.54, 1.807) is 18.4 Å². The Hall–Kier alpha value is -1.39. The molecule has 18 heavy (non-hydrogen) atoms. The first-order valence-corrected chi connectivity index (χ1v) is 6.79. The van der Waals surface area contributed by atoms with E-state index in [9.17, 15) is 0 Å². The van der Waals surface area contributed by atoms with Gasteiger partial charge in [-0.15, -0.1) is 11.3 Å². The van der Waals surface area contributed by atoms with Crippen molar-refractivity contribution in [2.24, 2.45) is 5.73 Å². The van der Waals surface area contributed by atoms with E-state index in [2.05, 4.69) is 11.9 Å². The van der Waals surface area contributed by atoms with E-state index in [0.29, 0.717) is 12.5 Å². The predicted octanol–water partition coefficient (Wildman–Crippen LogP) is 3.19. The Labute approximate surface area is 112 Å². The molecule has 1 unspecified atom stereocenters. The third-order valence-corrected chi connectivity index (χ3v) is 4.39. The summed E-state index contributed by atoms with van der Waals surface area (Å²) in [5.41, 5.74) is 7.84. The van der Waals surface area contributed by atoms with Gasteiger partial charge in [-0.3, -0.25) is 0 Å². The maximum Gasteiger partial charge on any atom is 0.129 e. The topological polar surface area (TPSA) is 48.1 Å². The van der Waals surface area contributed by atoms with Crippen molar-refractivity contribution >= 4 is 11.3 Å². The van der Waals surface area contributed by atoms with Crippen molar-refractivity contribution in [3.63, 3.8) is 0 Å². The Balaban J connectivity index is 2.46. The van der Waals surface area contributed by atoms with Crippen LogP contribution in [0.2, 0.25) is 0 Å². The van der Waals surface area contributed by atoms with Gasteiger partial charge in [-0.05, 0) is 25.6 Å². The zero-order valence-electron chi connectivity index (χ0n) is 10.9. The van der Waals surface area contributed by atoms with Gasteiger partial charge in [0.15, 0.2) is 0 Å². The van der Waals surface area contributed by atoms with Gasteiger partial charge >= 0.3 is 0 Å². The van der Waals surface area contributed by atoms with Crippen LogP contribution in [0, 0.1) is 6.92 Å². The maximum atomic E-state index is 5.73. The SMILES string of the molecule is COc1ccccc1-c1nc(C)c(C(C)CN)s1. The number of nitrogens with two attached hydrogens (primary N) is 1. The minimum Gasteiger partial charge on any atom is -0.496 e. The zero-order chi connectivity index (χ0) is 13.1. The second-order valence-corrected chi connectivity index (χ2v) is 5.34. The van der Waals surface area contributed by atoms with Crippen molar-refractivity contribution in [1.29, 1.82) is 0 Å². The molecule has 1 atom stereocenters. The molecule has 96 valence electrons. The number of aryl methyl sites for hydroxylation is 1. The van der Waals surface area contributed by atoms with Crippen LogP contribution in [-0.4, -0.2) is 18.6 Å². The fourth-order valence-electron chi connectivity index (χ4n) is 1.91. The summed E-state index contributed by atoms with van der Waals surface area (Å²) in [5.74, 6) is 1.21. The molecule has 0 amide bonds. The number of benzene rings is 1. The van der Waals surface area contributed by atoms with Crippen molar-refractivity contribution in [1.82, 2.24) is 4.98 Å². The van der Waals surface area contributed by atoms with Crippen molar-refractivity contribution in [3.8, 4) is 16.3 Å². The molecule has 2 rings (SSSR count). The van der Waals surface area contributed by atoms with Crippen LogP contribution in [0.25, 0.3) is 10.6 Å². The van der Waals surface area contributed by atoms with Crippen molar-refractivity contribution in [2.45, 2.75) is 19.8 Å². The van der Waals surface area contributed by atoms with Gasteiger partial charge in [0.2, 0.25) is 0 Å². The number of ether oxygens (including phenoxy) is 1. The summed E-state index contributed by atoms with van der Waals surface area (Å²) in [7, 11) is 1.68. The zero-order valence-corrected chi connectivity index (χ0v) is 11.8. The predicted molar refractivity (Wildman–Crippen MR) is 76.3 cm³/mol. The number of para-hydroxylation sites is 1. The smallest absolute Gasteiger partial charge is 0.129 e. The van der Waals surface area contributed by atoms with E-state index in [1.807, 2.05) is 31.2 Å². The van der Waals surface area contributed by atoms with Gasteiger partial charge in [0.05, 0.1) is 18.4 Å². The molecule has 0 saturated carbocycles. The lowest BCUT2D eigenvalue weighted by Gasteiger charge is -2.05. The van der Waals surface area contributed by atoms with Crippen LogP contribution >= 0.6 is 11.3 Å². The molecule has 0 aliphatic rings. The van der Waals surface area contributed by atoms with Crippen molar-refractivity contribution < 1.29 is 4.74 Å². The number of hydrogen-bond acceptors (Lipinski definition) is 4. The van der Waals surface area contributed by atoms with Gasteiger partial charge in [0.25, 0.3) is 0 Å². The average Bonchev–Trinajstić information content (AvgIpc) is 2.79. The van der Waals surface area contributed by atoms with Gasteiger partial charge in [0, 0.05) is 10.8 Å². The number of methoxy groups -OCH3 is 1. The monoisotopic (exact) mass is 262 g/mol. The summed E-state index contributed by atoms with van der Waals surface area (Å²) in [6.45, 7) is 4.82. The molecule has 0 aliphatic heterocycles. The fourth-order valence-corrected chi connectivity index (χ4v) is 3.07. The van der Waals surface area contributed by atoms with Crippen LogP contribution < -0.4 is 10.5 Å². The molecule has 0 saturated heterocycles. The molecule has 0 fully saturated rings. The summed E-state index contributed by atoms with van der Waals surface area (Å²) in [4.78, 5) is 5.90. The summed E-state index contributed by atoms with van der Waals surface area (Å²) < 4.78 is 5.38. The molecule has 0 bridgehead atoms. The second kappa shape index (κ2) is 5.50. The van der Waals surface area contributed by atoms with Gasteiger partial charge in [-0.25, -0.2) is 4.98 Å². The van der Waals surface area contributed by atoms with E-state index in [4.69, 9.17) is 10.5 Å². The Morgan fingerprint density at radius 2 is 2.11 bits per heavy atom. The summed E-state index contributed by atoms with van der Waals surface area (Å²) in [6.07, 6.45) is 0. The van der Waals surface area contributed by atoms with E-state index in [-0.39, 0.29) is 0 Å². The number of aromatic nitrogens is 1. The van der Waals surface area contributed by atoms with Crippen LogP contribution in [0.5, 0.6) is 5.75 Å². The molecule has 1 aromatic heterocycles. The number of rotatable bonds is 4. The highest BCUT2D eigenvalue weighted by Crippen LogP contribution is 2.36. The maximum absolute atomic E-state index is 5.73. The molecule has 4 heteroatoms. The summed E-state index contributed by atoms with van der Waals surface area (Å²) in [6, 6.07) is 7.96. The third-order valence-electron chi connectivity index (χ3n) is 2.97. The van der Waals surface area contributed by atoms with Crippen LogP contribution in [0.3, 0.4) is 0 Å². The standard InChI is InChI=1S/C14H18N2OS/c1-9(8-15)13-10(2)16-14(18-13)11-6-4-5-7-12(11)17-3/h4-7,9H,8,15H2,1-3H3. The summed E-state index contributed by atoms with van der Waals surface area (Å²) in [5, 5.41) is 1.00. The molecule has 0 aliphatic carbocycles. The molecule has 1 heterocycles. The van der Waals surface area contributed by atoms with E-state index in [1.165, 1.54) is 4.88 Å². The van der Waals surface area contributed by atoms with Crippen LogP contribution in [0.1, 0.15) is 23.4 Å². The van der Waals surface area contributed by atoms with Gasteiger partial charge in [0.1, 0.15) is 10.8 Å². The van der Waals surface area contributed by atoms with E-state index in [0.717, 1.165) is 22.0 Å². The minimum atomic E-state index is 0.353. The molecule has 1 aromatic carbocycles. The lowest BCUT2D eigenvalue weighted by molar-refractivity contribution is 0.416. The molecular weight excluding hydrogens is 244 g/mol. The first kappa shape index (κ1) is 13.1. The first-order valence-electron chi connectivity index (χ1n) is 5.98. The third kappa shape index (κ3) is 2.40. The van der Waals surface area contributed by atoms with Gasteiger partial charge in [-0.1, -0.05) is 19.1 Å². The highest BCUT2D eigenvalue weighted by molar-refractivity contribution is 7.15. The van der Waals surface area contributed by atoms with E-state index < -0.39 is 0 Å². The summed E-state index contributed by atoms with van der Waals surface area (Å²) >= 11 is 1.70. The van der Waals surface area contributed by atoms with Crippen LogP contribution in [0.4, 0.5) is 0 Å². The Kier molecular flexibility index (Phi) is 3.99. The minimum absolute atomic E-state index is 0.353. The lowest BCUT2D eigenvalue weighted by atomic mass is 10.1. The molecular formula is C14H18N2OS. The first-order chi connectivity index (χ1) is 8.67. The molecule has 0 spiro atoms. The number of thiazole rings is 1. The van der Waals surface area contributed by atoms with Crippen molar-refractivity contribution in [3.05, 3.63) is 34.8 Å². The number of nitrogens with zero attached hydrogens (tertiary/aromatic N) is 1. The highest BCUT2D eigenvalue weighted by Gasteiger charge is 2.16. The van der Waals surface area contributed by atoms with Crippen LogP contribution in [-0.2, 0) is 0 Å². The van der Waals surface area contributed by atoms with Gasteiger partial charge < -0.3 is 10.5 Å². The van der Waals surface area contributed by atoms with Gasteiger partial charge in [-0.2, -0.15) is 0 Å². The Morgan fingerprint density at radius 3 is 2.78 bits per heavy atom. The molecule has 0 radical (unpaired) electrons. The second-order valence-electron chi connectivity index (χ2n) is 4.31. The Bertz CT molecular complexity index is 536. The number of hydrogen-bond donors (Lipinski definition) is 1. The quantitative estimate of drug-likeness (QED) is 0.920. The molecule has 2 aromatic rings. The average molecular weight is 262 g/mol.